The van der Waals surface area contributed by atoms with E-state index in [0.717, 1.165) is 5.69 Å². The van der Waals surface area contributed by atoms with Crippen LogP contribution in [-0.4, -0.2) is 24.2 Å². The van der Waals surface area contributed by atoms with Crippen molar-refractivity contribution < 1.29 is 9.53 Å². The van der Waals surface area contributed by atoms with Gasteiger partial charge in [0.15, 0.2) is 5.11 Å². The predicted octanol–water partition coefficient (Wildman–Crippen LogP) is 1.92. The molecule has 1 aromatic rings. The second kappa shape index (κ2) is 5.14. The molecule has 0 aliphatic heterocycles. The molecule has 17 heavy (non-hydrogen) atoms. The Balaban J connectivity index is 1.99. The van der Waals surface area contributed by atoms with Gasteiger partial charge in [0, 0.05) is 11.7 Å². The Kier molecular flexibility index (Phi) is 3.58. The summed E-state index contributed by atoms with van der Waals surface area (Å²) in [5.41, 5.74) is 1.29. The minimum atomic E-state index is -0.352. The normalized spacial score (nSPS) is 13.9. The fraction of sp³-hybridized carbons (Fsp3) is 0.333. The van der Waals surface area contributed by atoms with E-state index in [0.29, 0.717) is 16.7 Å². The molecule has 0 radical (unpaired) electrons. The topological polar surface area (TPSA) is 50.4 Å². The van der Waals surface area contributed by atoms with Crippen molar-refractivity contribution in [3.05, 3.63) is 29.8 Å². The first-order chi connectivity index (χ1) is 8.19. The van der Waals surface area contributed by atoms with E-state index in [-0.39, 0.29) is 5.97 Å². The van der Waals surface area contributed by atoms with Gasteiger partial charge in [-0.2, -0.15) is 0 Å². The van der Waals surface area contributed by atoms with E-state index in [2.05, 4.69) is 15.4 Å². The number of hydrogen-bond acceptors (Lipinski definition) is 3. The molecular weight excluding hydrogens is 236 g/mol. The molecule has 1 fully saturated rings. The van der Waals surface area contributed by atoms with Gasteiger partial charge in [-0.05, 0) is 43.3 Å². The molecule has 0 unspecified atom stereocenters. The highest BCUT2D eigenvalue weighted by molar-refractivity contribution is 7.80. The summed E-state index contributed by atoms with van der Waals surface area (Å²) in [5.74, 6) is -0.352. The highest BCUT2D eigenvalue weighted by Crippen LogP contribution is 2.19. The Morgan fingerprint density at radius 3 is 2.88 bits per heavy atom. The van der Waals surface area contributed by atoms with Gasteiger partial charge >= 0.3 is 5.97 Å². The SMILES string of the molecule is COC(=O)c1cccc(NC(=S)NC2CC2)c1. The number of hydrogen-bond donors (Lipinski definition) is 2. The van der Waals surface area contributed by atoms with E-state index >= 15 is 0 Å². The first kappa shape index (κ1) is 11.9. The first-order valence-electron chi connectivity index (χ1n) is 5.45. The standard InChI is InChI=1S/C12H14N2O2S/c1-16-11(15)8-3-2-4-10(7-8)14-12(17)13-9-5-6-9/h2-4,7,9H,5-6H2,1H3,(H2,13,14,17). The lowest BCUT2D eigenvalue weighted by atomic mass is 10.2. The molecule has 1 aromatic carbocycles. The number of benzene rings is 1. The Hall–Kier alpha value is -1.62. The van der Waals surface area contributed by atoms with Gasteiger partial charge in [0.25, 0.3) is 0 Å². The average Bonchev–Trinajstić information content (AvgIpc) is 3.12. The maximum atomic E-state index is 11.3. The van der Waals surface area contributed by atoms with Crippen molar-refractivity contribution in [2.75, 3.05) is 12.4 Å². The van der Waals surface area contributed by atoms with Gasteiger partial charge < -0.3 is 15.4 Å². The van der Waals surface area contributed by atoms with Gasteiger partial charge in [0.1, 0.15) is 0 Å². The highest BCUT2D eigenvalue weighted by atomic mass is 32.1. The molecule has 90 valence electrons. The van der Waals surface area contributed by atoms with Crippen molar-refractivity contribution in [1.29, 1.82) is 0 Å². The second-order valence-electron chi connectivity index (χ2n) is 3.95. The lowest BCUT2D eigenvalue weighted by molar-refractivity contribution is 0.0601. The molecular formula is C12H14N2O2S. The van der Waals surface area contributed by atoms with Crippen LogP contribution in [0.15, 0.2) is 24.3 Å². The van der Waals surface area contributed by atoms with E-state index in [1.807, 2.05) is 6.07 Å². The summed E-state index contributed by atoms with van der Waals surface area (Å²) in [7, 11) is 1.36. The van der Waals surface area contributed by atoms with Crippen LogP contribution in [0.4, 0.5) is 5.69 Å². The van der Waals surface area contributed by atoms with Crippen LogP contribution in [0.1, 0.15) is 23.2 Å². The van der Waals surface area contributed by atoms with Crippen LogP contribution >= 0.6 is 12.2 Å². The zero-order valence-electron chi connectivity index (χ0n) is 9.53. The highest BCUT2D eigenvalue weighted by Gasteiger charge is 2.21. The van der Waals surface area contributed by atoms with Crippen LogP contribution in [0.5, 0.6) is 0 Å². The quantitative estimate of drug-likeness (QED) is 0.634. The molecule has 1 aliphatic rings. The molecule has 0 aromatic heterocycles. The van der Waals surface area contributed by atoms with Crippen LogP contribution in [0.3, 0.4) is 0 Å². The largest absolute Gasteiger partial charge is 0.465 e. The van der Waals surface area contributed by atoms with E-state index in [1.165, 1.54) is 20.0 Å². The van der Waals surface area contributed by atoms with Gasteiger partial charge in [-0.25, -0.2) is 4.79 Å². The molecule has 1 aliphatic carbocycles. The Morgan fingerprint density at radius 2 is 2.24 bits per heavy atom. The van der Waals surface area contributed by atoms with E-state index in [1.54, 1.807) is 18.2 Å². The van der Waals surface area contributed by atoms with Crippen LogP contribution in [0.2, 0.25) is 0 Å². The number of nitrogens with one attached hydrogen (secondary N) is 2. The van der Waals surface area contributed by atoms with Crippen molar-refractivity contribution in [1.82, 2.24) is 5.32 Å². The third kappa shape index (κ3) is 3.42. The summed E-state index contributed by atoms with van der Waals surface area (Å²) in [6, 6.07) is 7.57. The molecule has 0 saturated heterocycles. The van der Waals surface area contributed by atoms with Crippen LogP contribution in [0, 0.1) is 0 Å². The zero-order valence-corrected chi connectivity index (χ0v) is 10.3. The molecule has 2 rings (SSSR count). The molecule has 1 saturated carbocycles. The summed E-state index contributed by atoms with van der Waals surface area (Å²) >= 11 is 5.15. The Labute approximate surface area is 105 Å². The maximum absolute atomic E-state index is 11.3. The number of thiocarbonyl (C=S) groups is 1. The number of anilines is 1. The van der Waals surface area contributed by atoms with Gasteiger partial charge in [-0.15, -0.1) is 0 Å². The molecule has 0 amide bonds. The molecule has 0 bridgehead atoms. The molecule has 4 nitrogen and oxygen atoms in total. The first-order valence-corrected chi connectivity index (χ1v) is 5.86. The number of ether oxygens (including phenoxy) is 1. The number of esters is 1. The van der Waals surface area contributed by atoms with Crippen molar-refractivity contribution in [3.63, 3.8) is 0 Å². The minimum Gasteiger partial charge on any atom is -0.465 e. The van der Waals surface area contributed by atoms with Crippen molar-refractivity contribution in [3.8, 4) is 0 Å². The van der Waals surface area contributed by atoms with Gasteiger partial charge in [-0.3, -0.25) is 0 Å². The van der Waals surface area contributed by atoms with Crippen molar-refractivity contribution in [2.45, 2.75) is 18.9 Å². The van der Waals surface area contributed by atoms with Crippen molar-refractivity contribution >= 4 is 29.0 Å². The fourth-order valence-electron chi connectivity index (χ4n) is 1.42. The molecule has 0 heterocycles. The van der Waals surface area contributed by atoms with Crippen LogP contribution in [-0.2, 0) is 4.74 Å². The molecule has 0 spiro atoms. The van der Waals surface area contributed by atoms with Crippen LogP contribution < -0.4 is 10.6 Å². The summed E-state index contributed by atoms with van der Waals surface area (Å²) in [6.07, 6.45) is 2.34. The zero-order chi connectivity index (χ0) is 12.3. The Bertz CT molecular complexity index is 444. The lowest BCUT2D eigenvalue weighted by Crippen LogP contribution is -2.30. The molecule has 0 atom stereocenters. The third-order valence-corrected chi connectivity index (χ3v) is 2.67. The number of methoxy groups -OCH3 is 1. The van der Waals surface area contributed by atoms with E-state index in [4.69, 9.17) is 12.2 Å². The maximum Gasteiger partial charge on any atom is 0.337 e. The van der Waals surface area contributed by atoms with Crippen LogP contribution in [0.25, 0.3) is 0 Å². The smallest absolute Gasteiger partial charge is 0.337 e. The summed E-state index contributed by atoms with van der Waals surface area (Å²) in [5, 5.41) is 6.81. The fourth-order valence-corrected chi connectivity index (χ4v) is 1.71. The van der Waals surface area contributed by atoms with Gasteiger partial charge in [0.05, 0.1) is 12.7 Å². The Morgan fingerprint density at radius 1 is 1.47 bits per heavy atom. The third-order valence-electron chi connectivity index (χ3n) is 2.45. The number of rotatable bonds is 3. The van der Waals surface area contributed by atoms with Crippen molar-refractivity contribution in [2.24, 2.45) is 0 Å². The second-order valence-corrected chi connectivity index (χ2v) is 4.35. The number of carbonyl (C=O) groups is 1. The summed E-state index contributed by atoms with van der Waals surface area (Å²) in [4.78, 5) is 11.3. The van der Waals surface area contributed by atoms with E-state index in [9.17, 15) is 4.79 Å². The molecule has 5 heteroatoms. The number of carbonyl (C=O) groups excluding carboxylic acids is 1. The minimum absolute atomic E-state index is 0.352. The monoisotopic (exact) mass is 250 g/mol. The summed E-state index contributed by atoms with van der Waals surface area (Å²) in [6.45, 7) is 0. The predicted molar refractivity (Wildman–Crippen MR) is 70.2 cm³/mol. The molecule has 2 N–H and O–H groups in total. The summed E-state index contributed by atoms with van der Waals surface area (Å²) < 4.78 is 4.66. The average molecular weight is 250 g/mol. The van der Waals surface area contributed by atoms with Gasteiger partial charge in [-0.1, -0.05) is 6.07 Å². The van der Waals surface area contributed by atoms with E-state index < -0.39 is 0 Å². The van der Waals surface area contributed by atoms with Gasteiger partial charge in [0.2, 0.25) is 0 Å². The lowest BCUT2D eigenvalue weighted by Gasteiger charge is -2.10.